The van der Waals surface area contributed by atoms with Crippen LogP contribution in [0.2, 0.25) is 0 Å². The third kappa shape index (κ3) is 4.34. The van der Waals surface area contributed by atoms with E-state index in [0.717, 1.165) is 38.3 Å². The molecule has 1 aliphatic heterocycles. The molecule has 0 radical (unpaired) electrons. The van der Waals surface area contributed by atoms with Gasteiger partial charge in [0.2, 0.25) is 0 Å². The number of nitrogens with one attached hydrogen (secondary N) is 1. The fourth-order valence-corrected chi connectivity index (χ4v) is 3.07. The van der Waals surface area contributed by atoms with Crippen LogP contribution in [-0.2, 0) is 6.54 Å². The Morgan fingerprint density at radius 1 is 1.52 bits per heavy atom. The summed E-state index contributed by atoms with van der Waals surface area (Å²) >= 11 is 0. The second-order valence-corrected chi connectivity index (χ2v) is 6.48. The molecular formula is C17H29N3O. The lowest BCUT2D eigenvalue weighted by Gasteiger charge is -2.28. The Morgan fingerprint density at radius 3 is 2.95 bits per heavy atom. The van der Waals surface area contributed by atoms with E-state index in [9.17, 15) is 4.79 Å². The van der Waals surface area contributed by atoms with E-state index >= 15 is 0 Å². The second-order valence-electron chi connectivity index (χ2n) is 6.48. The first-order valence-electron chi connectivity index (χ1n) is 8.29. The molecule has 1 N–H and O–H groups in total. The van der Waals surface area contributed by atoms with Crippen molar-refractivity contribution in [2.24, 2.45) is 5.92 Å². The van der Waals surface area contributed by atoms with Gasteiger partial charge in [0.1, 0.15) is 5.69 Å². The average molecular weight is 291 g/mol. The number of nitrogens with zero attached hydrogens (tertiary/aromatic N) is 2. The summed E-state index contributed by atoms with van der Waals surface area (Å²) < 4.78 is 2.08. The van der Waals surface area contributed by atoms with Crippen LogP contribution in [0.15, 0.2) is 18.3 Å². The molecule has 2 rings (SSSR count). The monoisotopic (exact) mass is 291 g/mol. The zero-order chi connectivity index (χ0) is 15.2. The lowest BCUT2D eigenvalue weighted by molar-refractivity contribution is 0.0710. The first-order chi connectivity index (χ1) is 10.1. The van der Waals surface area contributed by atoms with Crippen molar-refractivity contribution in [1.29, 1.82) is 0 Å². The van der Waals surface area contributed by atoms with Gasteiger partial charge >= 0.3 is 0 Å². The van der Waals surface area contributed by atoms with Crippen LogP contribution in [0.4, 0.5) is 0 Å². The Hall–Kier alpha value is -1.29. The molecule has 0 bridgehead atoms. The van der Waals surface area contributed by atoms with Crippen molar-refractivity contribution >= 4 is 5.91 Å². The molecule has 1 saturated heterocycles. The van der Waals surface area contributed by atoms with Gasteiger partial charge in [-0.25, -0.2) is 0 Å². The fraction of sp³-hybridized carbons (Fsp3) is 0.706. The quantitative estimate of drug-likeness (QED) is 0.839. The van der Waals surface area contributed by atoms with Gasteiger partial charge in [-0.3, -0.25) is 4.79 Å². The summed E-state index contributed by atoms with van der Waals surface area (Å²) in [4.78, 5) is 14.9. The highest BCUT2D eigenvalue weighted by Crippen LogP contribution is 2.13. The van der Waals surface area contributed by atoms with Gasteiger partial charge in [0.25, 0.3) is 5.91 Å². The zero-order valence-corrected chi connectivity index (χ0v) is 13.6. The normalized spacial score (nSPS) is 18.4. The molecule has 118 valence electrons. The SMILES string of the molecule is CCCn1cccc1C(=O)N(CC(C)C)CC1CCCN1. The molecule has 4 heteroatoms. The fourth-order valence-electron chi connectivity index (χ4n) is 3.07. The molecule has 0 saturated carbocycles. The van der Waals surface area contributed by atoms with Crippen LogP contribution in [-0.4, -0.2) is 41.1 Å². The van der Waals surface area contributed by atoms with E-state index in [2.05, 4.69) is 30.7 Å². The highest BCUT2D eigenvalue weighted by molar-refractivity contribution is 5.92. The standard InChI is InChI=1S/C17H29N3O/c1-4-10-19-11-6-8-16(19)17(21)20(12-14(2)3)13-15-7-5-9-18-15/h6,8,11,14-15,18H,4-5,7,9-10,12-13H2,1-3H3. The van der Waals surface area contributed by atoms with E-state index in [1.165, 1.54) is 12.8 Å². The van der Waals surface area contributed by atoms with E-state index in [-0.39, 0.29) is 5.91 Å². The van der Waals surface area contributed by atoms with Crippen molar-refractivity contribution in [1.82, 2.24) is 14.8 Å². The average Bonchev–Trinajstić information content (AvgIpc) is 3.08. The van der Waals surface area contributed by atoms with Gasteiger partial charge in [-0.15, -0.1) is 0 Å². The lowest BCUT2D eigenvalue weighted by atomic mass is 10.1. The Morgan fingerprint density at radius 2 is 2.33 bits per heavy atom. The van der Waals surface area contributed by atoms with Gasteiger partial charge in [-0.1, -0.05) is 20.8 Å². The second kappa shape index (κ2) is 7.64. The lowest BCUT2D eigenvalue weighted by Crippen LogP contribution is -2.43. The van der Waals surface area contributed by atoms with Crippen molar-refractivity contribution in [3.8, 4) is 0 Å². The summed E-state index contributed by atoms with van der Waals surface area (Å²) in [5, 5.41) is 3.50. The van der Waals surface area contributed by atoms with Crippen molar-refractivity contribution < 1.29 is 4.79 Å². The maximum absolute atomic E-state index is 12.9. The third-order valence-electron chi connectivity index (χ3n) is 3.99. The van der Waals surface area contributed by atoms with E-state index in [0.29, 0.717) is 12.0 Å². The molecule has 1 amide bonds. The van der Waals surface area contributed by atoms with Crippen molar-refractivity contribution in [2.45, 2.75) is 52.6 Å². The molecule has 0 aromatic carbocycles. The zero-order valence-electron chi connectivity index (χ0n) is 13.6. The molecule has 2 heterocycles. The van der Waals surface area contributed by atoms with Crippen molar-refractivity contribution in [3.63, 3.8) is 0 Å². The van der Waals surface area contributed by atoms with Crippen molar-refractivity contribution in [3.05, 3.63) is 24.0 Å². The number of aryl methyl sites for hydroxylation is 1. The van der Waals surface area contributed by atoms with Gasteiger partial charge < -0.3 is 14.8 Å². The van der Waals surface area contributed by atoms with E-state index < -0.39 is 0 Å². The topological polar surface area (TPSA) is 37.3 Å². The largest absolute Gasteiger partial charge is 0.344 e. The molecule has 1 unspecified atom stereocenters. The number of carbonyl (C=O) groups is 1. The predicted octanol–water partition coefficient (Wildman–Crippen LogP) is 2.75. The van der Waals surface area contributed by atoms with Crippen LogP contribution in [0.1, 0.15) is 50.5 Å². The Bertz CT molecular complexity index is 447. The van der Waals surface area contributed by atoms with Crippen LogP contribution >= 0.6 is 0 Å². The first kappa shape index (κ1) is 16.1. The molecule has 1 aromatic rings. The number of hydrogen-bond acceptors (Lipinski definition) is 2. The van der Waals surface area contributed by atoms with Crippen LogP contribution in [0, 0.1) is 5.92 Å². The molecule has 1 fully saturated rings. The van der Waals surface area contributed by atoms with Gasteiger partial charge in [0.05, 0.1) is 0 Å². The highest BCUT2D eigenvalue weighted by Gasteiger charge is 2.24. The Kier molecular flexibility index (Phi) is 5.85. The highest BCUT2D eigenvalue weighted by atomic mass is 16.2. The summed E-state index contributed by atoms with van der Waals surface area (Å²) in [7, 11) is 0. The Labute approximate surface area is 128 Å². The maximum atomic E-state index is 12.9. The first-order valence-corrected chi connectivity index (χ1v) is 8.29. The minimum atomic E-state index is 0.177. The molecule has 0 spiro atoms. The number of amides is 1. The van der Waals surface area contributed by atoms with Crippen LogP contribution in [0.3, 0.4) is 0 Å². The molecule has 1 aliphatic rings. The molecule has 0 aliphatic carbocycles. The third-order valence-corrected chi connectivity index (χ3v) is 3.99. The smallest absolute Gasteiger partial charge is 0.270 e. The number of rotatable bonds is 7. The van der Waals surface area contributed by atoms with E-state index in [1.54, 1.807) is 0 Å². The predicted molar refractivity (Wildman–Crippen MR) is 86.5 cm³/mol. The van der Waals surface area contributed by atoms with Crippen LogP contribution in [0.25, 0.3) is 0 Å². The molecule has 4 nitrogen and oxygen atoms in total. The molecule has 1 aromatic heterocycles. The van der Waals surface area contributed by atoms with Gasteiger partial charge in [0, 0.05) is 31.9 Å². The molecule has 1 atom stereocenters. The van der Waals surface area contributed by atoms with E-state index in [1.807, 2.05) is 23.2 Å². The van der Waals surface area contributed by atoms with E-state index in [4.69, 9.17) is 0 Å². The number of carbonyl (C=O) groups excluding carboxylic acids is 1. The summed E-state index contributed by atoms with van der Waals surface area (Å²) in [5.74, 6) is 0.667. The summed E-state index contributed by atoms with van der Waals surface area (Å²) in [5.41, 5.74) is 0.829. The van der Waals surface area contributed by atoms with Gasteiger partial charge in [-0.2, -0.15) is 0 Å². The van der Waals surface area contributed by atoms with Crippen LogP contribution in [0.5, 0.6) is 0 Å². The summed E-state index contributed by atoms with van der Waals surface area (Å²) in [6.07, 6.45) is 5.46. The number of aromatic nitrogens is 1. The number of hydrogen-bond donors (Lipinski definition) is 1. The summed E-state index contributed by atoms with van der Waals surface area (Å²) in [6.45, 7) is 10.1. The van der Waals surface area contributed by atoms with Crippen LogP contribution < -0.4 is 5.32 Å². The maximum Gasteiger partial charge on any atom is 0.270 e. The van der Waals surface area contributed by atoms with Crippen molar-refractivity contribution in [2.75, 3.05) is 19.6 Å². The Balaban J connectivity index is 2.10. The minimum Gasteiger partial charge on any atom is -0.344 e. The molecule has 21 heavy (non-hydrogen) atoms. The minimum absolute atomic E-state index is 0.177. The molecular weight excluding hydrogens is 262 g/mol. The summed E-state index contributed by atoms with van der Waals surface area (Å²) in [6, 6.07) is 4.39. The van der Waals surface area contributed by atoms with Gasteiger partial charge in [-0.05, 0) is 43.9 Å². The van der Waals surface area contributed by atoms with Gasteiger partial charge in [0.15, 0.2) is 0 Å².